The number of hydrogen-bond acceptors (Lipinski definition) is 4. The number of rotatable bonds is 10. The standard InChI is InChI=1S/C22H31N3O3S2/c1-17-7-10-20(11-8-17)16-29-13-12-23-22(26)15-25(30(27,28)24(4)5)21-14-18(2)6-9-19(21)3/h6-11,14H,12-13,15-16H2,1-5H3,(H,23,26). The minimum atomic E-state index is -3.80. The van der Waals surface area contributed by atoms with Gasteiger partial charge in [-0.1, -0.05) is 42.0 Å². The Bertz CT molecular complexity index is 958. The molecule has 2 aromatic carbocycles. The van der Waals surface area contributed by atoms with E-state index in [9.17, 15) is 13.2 Å². The maximum absolute atomic E-state index is 12.9. The van der Waals surface area contributed by atoms with Crippen LogP contribution in [0.2, 0.25) is 0 Å². The molecule has 0 radical (unpaired) electrons. The number of carbonyl (C=O) groups is 1. The highest BCUT2D eigenvalue weighted by Gasteiger charge is 2.28. The van der Waals surface area contributed by atoms with E-state index in [2.05, 4.69) is 36.5 Å². The molecule has 0 bridgehead atoms. The van der Waals surface area contributed by atoms with E-state index in [4.69, 9.17) is 0 Å². The molecule has 2 rings (SSSR count). The lowest BCUT2D eigenvalue weighted by atomic mass is 10.1. The van der Waals surface area contributed by atoms with Crippen molar-refractivity contribution in [3.05, 3.63) is 64.7 Å². The summed E-state index contributed by atoms with van der Waals surface area (Å²) in [6, 6.07) is 14.0. The fourth-order valence-corrected chi connectivity index (χ4v) is 4.74. The molecule has 30 heavy (non-hydrogen) atoms. The first-order valence-corrected chi connectivity index (χ1v) is 12.3. The fraction of sp³-hybridized carbons (Fsp3) is 0.409. The zero-order valence-corrected chi connectivity index (χ0v) is 19.9. The van der Waals surface area contributed by atoms with Gasteiger partial charge in [0.1, 0.15) is 6.54 Å². The zero-order valence-electron chi connectivity index (χ0n) is 18.3. The van der Waals surface area contributed by atoms with Crippen LogP contribution >= 0.6 is 11.8 Å². The molecule has 0 aliphatic heterocycles. The van der Waals surface area contributed by atoms with E-state index in [-0.39, 0.29) is 12.5 Å². The molecule has 1 N–H and O–H groups in total. The summed E-state index contributed by atoms with van der Waals surface area (Å²) in [5.41, 5.74) is 4.73. The number of amides is 1. The van der Waals surface area contributed by atoms with E-state index in [1.165, 1.54) is 29.5 Å². The molecule has 0 saturated heterocycles. The van der Waals surface area contributed by atoms with Crippen LogP contribution in [0.15, 0.2) is 42.5 Å². The predicted octanol–water partition coefficient (Wildman–Crippen LogP) is 3.27. The average Bonchev–Trinajstić information content (AvgIpc) is 2.69. The van der Waals surface area contributed by atoms with E-state index in [1.807, 2.05) is 26.0 Å². The van der Waals surface area contributed by atoms with E-state index in [0.717, 1.165) is 26.9 Å². The number of benzene rings is 2. The number of nitrogens with zero attached hydrogens (tertiary/aromatic N) is 2. The quantitative estimate of drug-likeness (QED) is 0.565. The molecule has 164 valence electrons. The molecule has 0 spiro atoms. The Balaban J connectivity index is 1.96. The maximum Gasteiger partial charge on any atom is 0.304 e. The molecule has 0 unspecified atom stereocenters. The van der Waals surface area contributed by atoms with Gasteiger partial charge in [0.2, 0.25) is 5.91 Å². The van der Waals surface area contributed by atoms with Gasteiger partial charge in [-0.25, -0.2) is 4.31 Å². The lowest BCUT2D eigenvalue weighted by Gasteiger charge is -2.28. The smallest absolute Gasteiger partial charge is 0.304 e. The molecule has 2 aromatic rings. The summed E-state index contributed by atoms with van der Waals surface area (Å²) in [6.45, 7) is 6.03. The normalized spacial score (nSPS) is 11.5. The Morgan fingerprint density at radius 1 is 1.00 bits per heavy atom. The van der Waals surface area contributed by atoms with Crippen LogP contribution in [0.1, 0.15) is 22.3 Å². The Morgan fingerprint density at radius 3 is 2.27 bits per heavy atom. The largest absolute Gasteiger partial charge is 0.354 e. The van der Waals surface area contributed by atoms with Crippen molar-refractivity contribution in [2.75, 3.05) is 37.2 Å². The second-order valence-corrected chi connectivity index (χ2v) is 10.6. The van der Waals surface area contributed by atoms with Gasteiger partial charge in [0, 0.05) is 32.1 Å². The second kappa shape index (κ2) is 10.8. The summed E-state index contributed by atoms with van der Waals surface area (Å²) < 4.78 is 28.0. The van der Waals surface area contributed by atoms with E-state index in [1.54, 1.807) is 17.8 Å². The summed E-state index contributed by atoms with van der Waals surface area (Å²) in [7, 11) is -0.870. The molecule has 0 aliphatic rings. The third kappa shape index (κ3) is 6.75. The van der Waals surface area contributed by atoms with Crippen LogP contribution < -0.4 is 9.62 Å². The highest BCUT2D eigenvalue weighted by molar-refractivity contribution is 7.98. The van der Waals surface area contributed by atoms with Gasteiger partial charge in [0.15, 0.2) is 0 Å². The molecule has 0 atom stereocenters. The van der Waals surface area contributed by atoms with Crippen LogP contribution in [-0.4, -0.2) is 51.6 Å². The molecule has 0 aliphatic carbocycles. The third-order valence-corrected chi connectivity index (χ3v) is 7.45. The molecule has 1 amide bonds. The molecule has 0 heterocycles. The lowest BCUT2D eigenvalue weighted by molar-refractivity contribution is -0.119. The van der Waals surface area contributed by atoms with E-state index < -0.39 is 10.2 Å². The fourth-order valence-electron chi connectivity index (χ4n) is 2.80. The van der Waals surface area contributed by atoms with Crippen molar-refractivity contribution in [3.8, 4) is 0 Å². The van der Waals surface area contributed by atoms with Crippen LogP contribution in [0.3, 0.4) is 0 Å². The maximum atomic E-state index is 12.9. The van der Waals surface area contributed by atoms with Gasteiger partial charge in [-0.15, -0.1) is 0 Å². The van der Waals surface area contributed by atoms with Crippen LogP contribution in [0.5, 0.6) is 0 Å². The number of nitrogens with one attached hydrogen (secondary N) is 1. The van der Waals surface area contributed by atoms with Gasteiger partial charge < -0.3 is 5.32 Å². The molecular formula is C22H31N3O3S2. The highest BCUT2D eigenvalue weighted by atomic mass is 32.2. The first-order valence-electron chi connectivity index (χ1n) is 9.78. The second-order valence-electron chi connectivity index (χ2n) is 7.47. The van der Waals surface area contributed by atoms with Crippen molar-refractivity contribution < 1.29 is 13.2 Å². The van der Waals surface area contributed by atoms with Gasteiger partial charge >= 0.3 is 10.2 Å². The Hall–Kier alpha value is -2.03. The predicted molar refractivity (Wildman–Crippen MR) is 126 cm³/mol. The van der Waals surface area contributed by atoms with Crippen molar-refractivity contribution in [3.63, 3.8) is 0 Å². The molecule has 6 nitrogen and oxygen atoms in total. The molecule has 8 heteroatoms. The topological polar surface area (TPSA) is 69.7 Å². The van der Waals surface area contributed by atoms with Gasteiger partial charge in [-0.05, 0) is 43.5 Å². The van der Waals surface area contributed by atoms with Crippen LogP contribution in [0.4, 0.5) is 5.69 Å². The highest BCUT2D eigenvalue weighted by Crippen LogP contribution is 2.25. The lowest BCUT2D eigenvalue weighted by Crippen LogP contribution is -2.46. The number of anilines is 1. The summed E-state index contributed by atoms with van der Waals surface area (Å²) in [6.07, 6.45) is 0. The number of hydrogen-bond donors (Lipinski definition) is 1. The van der Waals surface area contributed by atoms with E-state index >= 15 is 0 Å². The Labute approximate surface area is 184 Å². The SMILES string of the molecule is Cc1ccc(CSCCNC(=O)CN(c2cc(C)ccc2C)S(=O)(=O)N(C)C)cc1. The zero-order chi connectivity index (χ0) is 22.3. The molecular weight excluding hydrogens is 418 g/mol. The van der Waals surface area contributed by atoms with Crippen LogP contribution in [0.25, 0.3) is 0 Å². The van der Waals surface area contributed by atoms with Crippen molar-refractivity contribution in [2.24, 2.45) is 0 Å². The van der Waals surface area contributed by atoms with Gasteiger partial charge in [0.05, 0.1) is 5.69 Å². The van der Waals surface area contributed by atoms with E-state index in [0.29, 0.717) is 12.2 Å². The minimum absolute atomic E-state index is 0.257. The minimum Gasteiger partial charge on any atom is -0.354 e. The van der Waals surface area contributed by atoms with Crippen molar-refractivity contribution >= 4 is 33.6 Å². The van der Waals surface area contributed by atoms with Gasteiger partial charge in [-0.3, -0.25) is 4.79 Å². The molecule has 0 aromatic heterocycles. The monoisotopic (exact) mass is 449 g/mol. The molecule has 0 saturated carbocycles. The number of aryl methyl sites for hydroxylation is 3. The van der Waals surface area contributed by atoms with Gasteiger partial charge in [0.25, 0.3) is 0 Å². The van der Waals surface area contributed by atoms with Crippen molar-refractivity contribution in [1.82, 2.24) is 9.62 Å². The summed E-state index contributed by atoms with van der Waals surface area (Å²) in [5.74, 6) is 1.31. The summed E-state index contributed by atoms with van der Waals surface area (Å²) in [5, 5.41) is 2.84. The Kier molecular flexibility index (Phi) is 8.76. The first kappa shape index (κ1) is 24.2. The Morgan fingerprint density at radius 2 is 1.63 bits per heavy atom. The summed E-state index contributed by atoms with van der Waals surface area (Å²) >= 11 is 1.73. The third-order valence-electron chi connectivity index (χ3n) is 4.62. The van der Waals surface area contributed by atoms with Crippen LogP contribution in [-0.2, 0) is 20.8 Å². The van der Waals surface area contributed by atoms with Crippen molar-refractivity contribution in [1.29, 1.82) is 0 Å². The average molecular weight is 450 g/mol. The molecule has 0 fully saturated rings. The van der Waals surface area contributed by atoms with Gasteiger partial charge in [-0.2, -0.15) is 24.5 Å². The van der Waals surface area contributed by atoms with Crippen molar-refractivity contribution in [2.45, 2.75) is 26.5 Å². The summed E-state index contributed by atoms with van der Waals surface area (Å²) in [4.78, 5) is 12.5. The first-order chi connectivity index (χ1) is 14.1. The number of carbonyl (C=O) groups excluding carboxylic acids is 1. The number of thioether (sulfide) groups is 1. The van der Waals surface area contributed by atoms with Crippen LogP contribution in [0, 0.1) is 20.8 Å².